The van der Waals surface area contributed by atoms with Crippen LogP contribution in [0.4, 0.5) is 0 Å². The highest BCUT2D eigenvalue weighted by molar-refractivity contribution is 7.93. The molecule has 0 heterocycles. The first-order chi connectivity index (χ1) is 18.2. The summed E-state index contributed by atoms with van der Waals surface area (Å²) < 4.78 is 75.6. The van der Waals surface area contributed by atoms with Crippen LogP contribution in [-0.2, 0) is 43.2 Å². The van der Waals surface area contributed by atoms with Gasteiger partial charge in [0.2, 0.25) is 16.6 Å². The van der Waals surface area contributed by atoms with Gasteiger partial charge < -0.3 is 8.85 Å². The van der Waals surface area contributed by atoms with Gasteiger partial charge in [0.15, 0.2) is 19.7 Å². The zero-order valence-corrected chi connectivity index (χ0v) is 32.0. The number of Topliss-reactive ketones (excluding diaryl/α,β-unsaturated/α-hetero) is 1. The lowest BCUT2D eigenvalue weighted by atomic mass is 9.99. The lowest BCUT2D eigenvalue weighted by molar-refractivity contribution is -0.120. The Balaban J connectivity index is -0.000000244. The standard InChI is InChI=1S/C10H20O3SSi.C7H12O3S.C7H14OSi.C3H6O2S.CH4.ClH/c1-14(11,12)10-7-5-9(6-8-10)13-15(2,3)4;1-11(9,10)7-4-2-6(8)3-5-7;1-6-7(2)8-9(3,4)5;1-3-6(2,4)5;;/h5,10H,6-8H2,1-4H3;7H,2-5H2,1H3;6H,1-2H2,3-5H3;3H,1H2,2H3;1H4;1H. The van der Waals surface area contributed by atoms with Gasteiger partial charge in [-0.2, -0.15) is 0 Å². The summed E-state index contributed by atoms with van der Waals surface area (Å²) in [5.41, 5.74) is 0. The molecule has 0 N–H and O–H groups in total. The van der Waals surface area contributed by atoms with Crippen molar-refractivity contribution >= 4 is 64.3 Å². The zero-order valence-electron chi connectivity index (χ0n) is 26.8. The molecule has 43 heavy (non-hydrogen) atoms. The maximum atomic E-state index is 11.3. The molecule has 1 saturated carbocycles. The van der Waals surface area contributed by atoms with Gasteiger partial charge in [-0.3, -0.25) is 4.79 Å². The van der Waals surface area contributed by atoms with Crippen LogP contribution >= 0.6 is 12.4 Å². The molecule has 1 fully saturated rings. The third kappa shape index (κ3) is 29.3. The predicted molar refractivity (Wildman–Crippen MR) is 190 cm³/mol. The van der Waals surface area contributed by atoms with Gasteiger partial charge in [0, 0.05) is 43.4 Å². The van der Waals surface area contributed by atoms with Crippen LogP contribution in [0.25, 0.3) is 0 Å². The summed E-state index contributed by atoms with van der Waals surface area (Å²) in [5.74, 6) is 1.88. The first-order valence-electron chi connectivity index (χ1n) is 13.3. The Morgan fingerprint density at radius 2 is 1.21 bits per heavy atom. The highest BCUT2D eigenvalue weighted by Gasteiger charge is 2.27. The normalized spacial score (nSPS) is 17.6. The molecule has 2 aliphatic rings. The first-order valence-corrected chi connectivity index (χ1v) is 26.0. The monoisotopic (exact) mass is 724 g/mol. The fourth-order valence-electron chi connectivity index (χ4n) is 3.44. The number of ketones is 1. The molecule has 15 heteroatoms. The molecule has 0 aromatic heterocycles. The smallest absolute Gasteiger partial charge is 0.242 e. The second-order valence-electron chi connectivity index (χ2n) is 12.1. The molecular weight excluding hydrogens is 668 g/mol. The summed E-state index contributed by atoms with van der Waals surface area (Å²) in [6.07, 6.45) is 11.3. The van der Waals surface area contributed by atoms with Crippen LogP contribution < -0.4 is 0 Å². The SMILES string of the molecule is C.C=CC(=C)O[Si](C)(C)C.C=CS(C)(=O)=O.CS(=O)(=O)C1CCC(=O)CC1.C[Si](C)(C)OC1=CCC(S(C)(=O)=O)CC1.Cl. The lowest BCUT2D eigenvalue weighted by Crippen LogP contribution is -2.28. The minimum absolute atomic E-state index is 0. The van der Waals surface area contributed by atoms with E-state index in [4.69, 9.17) is 8.85 Å². The highest BCUT2D eigenvalue weighted by atomic mass is 35.5. The van der Waals surface area contributed by atoms with Crippen molar-refractivity contribution in [1.29, 1.82) is 0 Å². The Bertz CT molecular complexity index is 1220. The van der Waals surface area contributed by atoms with Gasteiger partial charge in [0.25, 0.3) is 0 Å². The van der Waals surface area contributed by atoms with E-state index in [9.17, 15) is 30.0 Å². The summed E-state index contributed by atoms with van der Waals surface area (Å²) in [5, 5.41) is 0.444. The van der Waals surface area contributed by atoms with Crippen molar-refractivity contribution in [3.05, 3.63) is 48.8 Å². The van der Waals surface area contributed by atoms with Crippen molar-refractivity contribution in [3.8, 4) is 0 Å². The lowest BCUT2D eigenvalue weighted by Gasteiger charge is -2.26. The maximum absolute atomic E-state index is 11.3. The summed E-state index contributed by atoms with van der Waals surface area (Å²) in [7, 11) is -11.6. The van der Waals surface area contributed by atoms with E-state index in [1.54, 1.807) is 6.08 Å². The number of rotatable bonds is 8. The molecule has 256 valence electrons. The van der Waals surface area contributed by atoms with Crippen molar-refractivity contribution in [2.24, 2.45) is 0 Å². The van der Waals surface area contributed by atoms with Gasteiger partial charge in [-0.15, -0.1) is 12.4 Å². The third-order valence-corrected chi connectivity index (χ3v) is 11.1. The number of carbonyl (C=O) groups excluding carboxylic acids is 1. The van der Waals surface area contributed by atoms with Crippen LogP contribution in [0.2, 0.25) is 39.3 Å². The number of hydrogen-bond donors (Lipinski definition) is 0. The Labute approximate surface area is 271 Å². The Kier molecular flexibility index (Phi) is 23.5. The van der Waals surface area contributed by atoms with Crippen molar-refractivity contribution in [3.63, 3.8) is 0 Å². The molecule has 0 saturated heterocycles. The number of hydrogen-bond acceptors (Lipinski definition) is 9. The van der Waals surface area contributed by atoms with Gasteiger partial charge in [0.1, 0.15) is 15.6 Å². The van der Waals surface area contributed by atoms with Crippen LogP contribution in [0.1, 0.15) is 52.4 Å². The van der Waals surface area contributed by atoms with Crippen LogP contribution in [-0.4, -0.2) is 76.9 Å². The molecule has 0 spiro atoms. The minimum Gasteiger partial charge on any atom is -0.548 e. The fraction of sp³-hybridized carbons (Fsp3) is 0.679. The average Bonchev–Trinajstić information content (AvgIpc) is 2.77. The van der Waals surface area contributed by atoms with Gasteiger partial charge in [0.05, 0.1) is 22.0 Å². The Morgan fingerprint density at radius 3 is 1.44 bits per heavy atom. The van der Waals surface area contributed by atoms with E-state index in [-0.39, 0.29) is 36.1 Å². The van der Waals surface area contributed by atoms with E-state index in [0.717, 1.165) is 23.8 Å². The molecule has 2 rings (SSSR count). The molecule has 0 radical (unpaired) electrons. The van der Waals surface area contributed by atoms with Crippen LogP contribution in [0.5, 0.6) is 0 Å². The van der Waals surface area contributed by atoms with Gasteiger partial charge in [-0.05, 0) is 77.1 Å². The topological polar surface area (TPSA) is 138 Å². The number of carbonyl (C=O) groups is 1. The van der Waals surface area contributed by atoms with E-state index in [0.29, 0.717) is 44.3 Å². The Hall–Kier alpha value is -1.20. The van der Waals surface area contributed by atoms with Crippen LogP contribution in [0.15, 0.2) is 48.8 Å². The second kappa shape index (κ2) is 20.8. The molecule has 0 aromatic rings. The highest BCUT2D eigenvalue weighted by Crippen LogP contribution is 2.26. The maximum Gasteiger partial charge on any atom is 0.242 e. The zero-order chi connectivity index (χ0) is 32.9. The molecule has 1 unspecified atom stereocenters. The molecular formula is C28H57ClO9S3Si2. The molecule has 0 bridgehead atoms. The molecule has 2 aliphatic carbocycles. The number of allylic oxidation sites excluding steroid dienone is 3. The Morgan fingerprint density at radius 1 is 0.814 bits per heavy atom. The number of sulfone groups is 3. The van der Waals surface area contributed by atoms with E-state index in [2.05, 4.69) is 59.0 Å². The number of halogens is 1. The summed E-state index contributed by atoms with van der Waals surface area (Å²) in [4.78, 5) is 10.7. The van der Waals surface area contributed by atoms with Crippen LogP contribution in [0, 0.1) is 0 Å². The van der Waals surface area contributed by atoms with Gasteiger partial charge in [-0.1, -0.05) is 27.2 Å². The van der Waals surface area contributed by atoms with Crippen LogP contribution in [0.3, 0.4) is 0 Å². The first kappa shape index (κ1) is 48.7. The van der Waals surface area contributed by atoms with E-state index in [1.807, 2.05) is 6.08 Å². The fourth-order valence-corrected chi connectivity index (χ4v) is 7.36. The molecule has 9 nitrogen and oxygen atoms in total. The quantitative estimate of drug-likeness (QED) is 0.153. The summed E-state index contributed by atoms with van der Waals surface area (Å²) >= 11 is 0. The van der Waals surface area contributed by atoms with E-state index < -0.39 is 46.1 Å². The summed E-state index contributed by atoms with van der Waals surface area (Å²) in [6, 6.07) is 0. The van der Waals surface area contributed by atoms with E-state index >= 15 is 0 Å². The molecule has 1 atom stereocenters. The summed E-state index contributed by atoms with van der Waals surface area (Å²) in [6.45, 7) is 23.0. The largest absolute Gasteiger partial charge is 0.548 e. The van der Waals surface area contributed by atoms with Crippen molar-refractivity contribution in [2.75, 3.05) is 18.8 Å². The minimum atomic E-state index is -2.90. The van der Waals surface area contributed by atoms with E-state index in [1.165, 1.54) is 12.5 Å². The molecule has 0 amide bonds. The second-order valence-corrected chi connectivity index (χ2v) is 27.6. The van der Waals surface area contributed by atoms with Gasteiger partial charge in [-0.25, -0.2) is 25.3 Å². The third-order valence-electron chi connectivity index (χ3n) is 5.43. The molecule has 0 aromatic carbocycles. The van der Waals surface area contributed by atoms with Crippen molar-refractivity contribution in [2.45, 2.75) is 102 Å². The van der Waals surface area contributed by atoms with Crippen molar-refractivity contribution in [1.82, 2.24) is 0 Å². The predicted octanol–water partition coefficient (Wildman–Crippen LogP) is 6.63. The average molecular weight is 726 g/mol. The van der Waals surface area contributed by atoms with Gasteiger partial charge >= 0.3 is 0 Å². The molecule has 0 aliphatic heterocycles. The van der Waals surface area contributed by atoms with Crippen molar-refractivity contribution < 1.29 is 38.9 Å².